The van der Waals surface area contributed by atoms with E-state index in [1.807, 2.05) is 0 Å². The third-order valence-electron chi connectivity index (χ3n) is 6.21. The largest absolute Gasteiger partial charge is 0.379 e. The van der Waals surface area contributed by atoms with Crippen LogP contribution in [0.4, 0.5) is 0 Å². The van der Waals surface area contributed by atoms with Gasteiger partial charge in [-0.2, -0.15) is 0 Å². The summed E-state index contributed by atoms with van der Waals surface area (Å²) in [4.78, 5) is 25.8. The summed E-state index contributed by atoms with van der Waals surface area (Å²) in [5.74, 6) is -0.548. The first-order chi connectivity index (χ1) is 21.3. The number of hydrogen-bond donors (Lipinski definition) is 0. The van der Waals surface area contributed by atoms with Gasteiger partial charge in [-0.3, -0.25) is 14.5 Å². The van der Waals surface area contributed by atoms with Gasteiger partial charge >= 0.3 is 0 Å². The molecule has 1 heterocycles. The third kappa shape index (κ3) is 17.8. The number of ether oxygens (including phenoxy) is 9. The zero-order chi connectivity index (χ0) is 30.6. The monoisotopic (exact) mass is 613 g/mol. The van der Waals surface area contributed by atoms with Gasteiger partial charge in [-0.1, -0.05) is 31.9 Å². The molecule has 0 saturated carbocycles. The molecule has 1 aromatic rings. The quantitative estimate of drug-likeness (QED) is 0.0908. The highest BCUT2D eigenvalue weighted by molar-refractivity contribution is 6.21. The van der Waals surface area contributed by atoms with Crippen LogP contribution < -0.4 is 0 Å². The summed E-state index contributed by atoms with van der Waals surface area (Å²) < 4.78 is 49.2. The average Bonchev–Trinajstić information content (AvgIpc) is 3.26. The molecule has 0 N–H and O–H groups in total. The van der Waals surface area contributed by atoms with Crippen LogP contribution in [0.3, 0.4) is 0 Å². The standard InChI is InChI=1S/C31H51NO11/c1-2-3-6-10-35-12-14-37-16-18-39-20-22-41-24-26-43-27-25-42-23-21-40-19-17-38-15-13-36-11-9-32-30(33)28-7-4-5-8-29(28)31(32)34/h4-5,7-8H,2-3,6,9-27H2,1H3. The van der Waals surface area contributed by atoms with E-state index in [0.29, 0.717) is 117 Å². The lowest BCUT2D eigenvalue weighted by Gasteiger charge is -2.13. The van der Waals surface area contributed by atoms with Crippen LogP contribution >= 0.6 is 0 Å². The van der Waals surface area contributed by atoms with E-state index in [-0.39, 0.29) is 25.0 Å². The van der Waals surface area contributed by atoms with E-state index in [4.69, 9.17) is 42.6 Å². The van der Waals surface area contributed by atoms with E-state index in [1.165, 1.54) is 17.7 Å². The minimum absolute atomic E-state index is 0.219. The van der Waals surface area contributed by atoms with E-state index in [0.717, 1.165) is 13.0 Å². The van der Waals surface area contributed by atoms with Crippen LogP contribution in [-0.2, 0) is 42.6 Å². The number of unbranched alkanes of at least 4 members (excludes halogenated alkanes) is 2. The maximum atomic E-state index is 12.3. The van der Waals surface area contributed by atoms with Crippen molar-refractivity contribution in [1.82, 2.24) is 4.90 Å². The van der Waals surface area contributed by atoms with E-state index >= 15 is 0 Å². The zero-order valence-electron chi connectivity index (χ0n) is 25.8. The Morgan fingerprint density at radius 3 is 1.07 bits per heavy atom. The lowest BCUT2D eigenvalue weighted by Crippen LogP contribution is -2.33. The lowest BCUT2D eigenvalue weighted by atomic mass is 10.1. The number of hydrogen-bond acceptors (Lipinski definition) is 11. The molecule has 1 aliphatic rings. The summed E-state index contributed by atoms with van der Waals surface area (Å²) in [7, 11) is 0. The highest BCUT2D eigenvalue weighted by Gasteiger charge is 2.34. The molecule has 0 unspecified atom stereocenters. The van der Waals surface area contributed by atoms with Gasteiger partial charge in [0, 0.05) is 6.61 Å². The second kappa shape index (κ2) is 26.4. The Morgan fingerprint density at radius 1 is 0.442 bits per heavy atom. The zero-order valence-corrected chi connectivity index (χ0v) is 25.8. The van der Waals surface area contributed by atoms with Crippen LogP contribution in [0.15, 0.2) is 24.3 Å². The van der Waals surface area contributed by atoms with Crippen LogP contribution in [0, 0.1) is 0 Å². The maximum Gasteiger partial charge on any atom is 0.261 e. The first-order valence-corrected chi connectivity index (χ1v) is 15.4. The van der Waals surface area contributed by atoms with Crippen molar-refractivity contribution in [3.63, 3.8) is 0 Å². The van der Waals surface area contributed by atoms with E-state index < -0.39 is 0 Å². The molecule has 0 aliphatic carbocycles. The SMILES string of the molecule is CCCCCOCCOCCOCCOCCOCCOCCOCCOCCOCCN1C(=O)c2ccccc2C1=O. The summed E-state index contributed by atoms with van der Waals surface area (Å²) in [6, 6.07) is 6.83. The van der Waals surface area contributed by atoms with Gasteiger partial charge in [0.25, 0.3) is 11.8 Å². The molecular formula is C31H51NO11. The molecule has 2 amide bonds. The van der Waals surface area contributed by atoms with Crippen molar-refractivity contribution in [2.24, 2.45) is 0 Å². The summed E-state index contributed by atoms with van der Waals surface area (Å²) in [5.41, 5.74) is 0.891. The molecular weight excluding hydrogens is 562 g/mol. The fourth-order valence-corrected chi connectivity index (χ4v) is 3.91. The molecule has 43 heavy (non-hydrogen) atoms. The predicted molar refractivity (Wildman–Crippen MR) is 159 cm³/mol. The van der Waals surface area contributed by atoms with Crippen molar-refractivity contribution < 1.29 is 52.2 Å². The highest BCUT2D eigenvalue weighted by atomic mass is 16.6. The molecule has 0 spiro atoms. The number of carbonyl (C=O) groups excluding carboxylic acids is 2. The van der Waals surface area contributed by atoms with Gasteiger partial charge in [-0.25, -0.2) is 0 Å². The number of rotatable bonds is 31. The summed E-state index contributed by atoms with van der Waals surface area (Å²) in [6.07, 6.45) is 3.53. The van der Waals surface area contributed by atoms with Crippen LogP contribution in [0.5, 0.6) is 0 Å². The normalized spacial score (nSPS) is 12.9. The fourth-order valence-electron chi connectivity index (χ4n) is 3.91. The summed E-state index contributed by atoms with van der Waals surface area (Å²) in [6.45, 7) is 11.5. The molecule has 0 saturated heterocycles. The molecule has 1 aliphatic heterocycles. The molecule has 2 rings (SSSR count). The third-order valence-corrected chi connectivity index (χ3v) is 6.21. The second-order valence-electron chi connectivity index (χ2n) is 9.53. The second-order valence-corrected chi connectivity index (χ2v) is 9.53. The molecule has 0 bridgehead atoms. The first-order valence-electron chi connectivity index (χ1n) is 15.4. The highest BCUT2D eigenvalue weighted by Crippen LogP contribution is 2.21. The van der Waals surface area contributed by atoms with Gasteiger partial charge in [0.15, 0.2) is 0 Å². The molecule has 12 heteroatoms. The predicted octanol–water partition coefficient (Wildman–Crippen LogP) is 2.62. The first kappa shape index (κ1) is 37.2. The van der Waals surface area contributed by atoms with Crippen LogP contribution in [0.2, 0.25) is 0 Å². The van der Waals surface area contributed by atoms with Gasteiger partial charge in [-0.05, 0) is 18.6 Å². The molecule has 0 aromatic heterocycles. The Labute approximate surface area is 256 Å². The topological polar surface area (TPSA) is 120 Å². The Kier molecular flexibility index (Phi) is 22.8. The molecule has 12 nitrogen and oxygen atoms in total. The van der Waals surface area contributed by atoms with Crippen molar-refractivity contribution in [2.75, 3.05) is 125 Å². The van der Waals surface area contributed by atoms with Crippen molar-refractivity contribution >= 4 is 11.8 Å². The molecule has 0 fully saturated rings. The van der Waals surface area contributed by atoms with Crippen molar-refractivity contribution in [2.45, 2.75) is 26.2 Å². The van der Waals surface area contributed by atoms with Gasteiger partial charge in [0.05, 0.1) is 130 Å². The molecule has 0 atom stereocenters. The Bertz CT molecular complexity index is 807. The molecule has 0 radical (unpaired) electrons. The Morgan fingerprint density at radius 2 is 0.744 bits per heavy atom. The van der Waals surface area contributed by atoms with Gasteiger partial charge in [0.1, 0.15) is 0 Å². The minimum atomic E-state index is -0.274. The lowest BCUT2D eigenvalue weighted by molar-refractivity contribution is -0.0251. The van der Waals surface area contributed by atoms with Gasteiger partial charge in [-0.15, -0.1) is 0 Å². The number of fused-ring (bicyclic) bond motifs is 1. The van der Waals surface area contributed by atoms with Crippen molar-refractivity contribution in [1.29, 1.82) is 0 Å². The Hall–Kier alpha value is -2.00. The number of carbonyl (C=O) groups is 2. The molecule has 246 valence electrons. The van der Waals surface area contributed by atoms with Crippen molar-refractivity contribution in [3.05, 3.63) is 35.4 Å². The van der Waals surface area contributed by atoms with E-state index in [2.05, 4.69) is 6.92 Å². The van der Waals surface area contributed by atoms with E-state index in [1.54, 1.807) is 24.3 Å². The maximum absolute atomic E-state index is 12.3. The van der Waals surface area contributed by atoms with Crippen LogP contribution in [0.1, 0.15) is 46.9 Å². The number of imide groups is 1. The Balaban J connectivity index is 1.20. The van der Waals surface area contributed by atoms with Crippen LogP contribution in [-0.4, -0.2) is 142 Å². The minimum Gasteiger partial charge on any atom is -0.379 e. The van der Waals surface area contributed by atoms with E-state index in [9.17, 15) is 9.59 Å². The molecule has 1 aromatic carbocycles. The smallest absolute Gasteiger partial charge is 0.261 e. The van der Waals surface area contributed by atoms with Crippen LogP contribution in [0.25, 0.3) is 0 Å². The number of benzene rings is 1. The summed E-state index contributed by atoms with van der Waals surface area (Å²) >= 11 is 0. The summed E-state index contributed by atoms with van der Waals surface area (Å²) in [5, 5.41) is 0. The van der Waals surface area contributed by atoms with Gasteiger partial charge < -0.3 is 42.6 Å². The fraction of sp³-hybridized carbons (Fsp3) is 0.742. The number of nitrogens with zero attached hydrogens (tertiary/aromatic N) is 1. The average molecular weight is 614 g/mol. The number of amides is 2. The van der Waals surface area contributed by atoms with Gasteiger partial charge in [0.2, 0.25) is 0 Å². The van der Waals surface area contributed by atoms with Crippen molar-refractivity contribution in [3.8, 4) is 0 Å².